The lowest BCUT2D eigenvalue weighted by molar-refractivity contribution is -0.192. The first kappa shape index (κ1) is 47.3. The second-order valence-corrected chi connectivity index (χ2v) is 13.2. The van der Waals surface area contributed by atoms with Gasteiger partial charge < -0.3 is 32.3 Å². The van der Waals surface area contributed by atoms with Crippen molar-refractivity contribution >= 4 is 45.5 Å². The fourth-order valence-electron chi connectivity index (χ4n) is 3.93. The van der Waals surface area contributed by atoms with Crippen molar-refractivity contribution in [1.29, 1.82) is 5.41 Å². The van der Waals surface area contributed by atoms with Gasteiger partial charge in [0.25, 0.3) is 12.0 Å². The Labute approximate surface area is 299 Å². The van der Waals surface area contributed by atoms with Crippen molar-refractivity contribution in [2.24, 2.45) is 11.7 Å². The molecule has 0 unspecified atom stereocenters. The Morgan fingerprint density at radius 2 is 1.57 bits per heavy atom. The fourth-order valence-corrected chi connectivity index (χ4v) is 5.63. The van der Waals surface area contributed by atoms with Gasteiger partial charge in [0, 0.05) is 29.4 Å². The molecule has 0 radical (unpaired) electrons. The Morgan fingerprint density at radius 1 is 1.06 bits per heavy atom. The number of nitrogens with two attached hydrogens (primary N) is 2. The first-order valence-electron chi connectivity index (χ1n) is 14.9. The normalized spacial score (nSPS) is 10.9. The number of carboxylic acids is 1. The molecule has 0 aliphatic rings. The number of hydrogen-bond acceptors (Lipinski definition) is 10. The minimum Gasteiger partial charge on any atom is -0.483 e. The number of rotatable bonds is 11. The van der Waals surface area contributed by atoms with Crippen molar-refractivity contribution in [2.45, 2.75) is 64.6 Å². The van der Waals surface area contributed by atoms with Gasteiger partial charge in [-0.05, 0) is 43.5 Å². The highest BCUT2D eigenvalue weighted by Gasteiger charge is 2.38. The maximum Gasteiger partial charge on any atom is 0.490 e. The highest BCUT2D eigenvalue weighted by Crippen LogP contribution is 2.27. The predicted molar refractivity (Wildman–Crippen MR) is 183 cm³/mol. The van der Waals surface area contributed by atoms with Crippen LogP contribution in [-0.2, 0) is 37.3 Å². The molecule has 0 saturated carbocycles. The molecule has 0 spiro atoms. The number of alkyl halides is 6. The number of amides is 1. The van der Waals surface area contributed by atoms with E-state index in [1.54, 1.807) is 30.3 Å². The molecule has 1 aromatic heterocycles. The summed E-state index contributed by atoms with van der Waals surface area (Å²) in [5.74, 6) is -3.34. The number of halogens is 6. The number of aromatic nitrogens is 2. The van der Waals surface area contributed by atoms with Crippen LogP contribution in [0, 0.1) is 11.3 Å². The summed E-state index contributed by atoms with van der Waals surface area (Å²) in [5, 5.41) is 27.3. The zero-order valence-corrected chi connectivity index (χ0v) is 29.4. The van der Waals surface area contributed by atoms with Crippen LogP contribution in [0.3, 0.4) is 0 Å². The van der Waals surface area contributed by atoms with Gasteiger partial charge in [-0.2, -0.15) is 26.3 Å². The summed E-state index contributed by atoms with van der Waals surface area (Å²) in [7, 11) is -3.63. The summed E-state index contributed by atoms with van der Waals surface area (Å²) >= 11 is 0. The number of nitrogen functional groups attached to an aromatic ring is 2. The number of anilines is 2. The van der Waals surface area contributed by atoms with Crippen molar-refractivity contribution in [3.05, 3.63) is 70.1 Å². The smallest absolute Gasteiger partial charge is 0.483 e. The van der Waals surface area contributed by atoms with Crippen molar-refractivity contribution in [3.63, 3.8) is 0 Å². The van der Waals surface area contributed by atoms with E-state index in [9.17, 15) is 44.3 Å². The molecule has 53 heavy (non-hydrogen) atoms. The Kier molecular flexibility index (Phi) is 19.3. The van der Waals surface area contributed by atoms with Gasteiger partial charge in [-0.15, -0.1) is 0 Å². The lowest BCUT2D eigenvalue weighted by atomic mass is 10.1. The van der Waals surface area contributed by atoms with E-state index < -0.39 is 40.1 Å². The predicted octanol–water partition coefficient (Wildman–Crippen LogP) is 3.86. The van der Waals surface area contributed by atoms with Gasteiger partial charge in [0.2, 0.25) is 5.91 Å². The number of carbonyl (C=O) groups excluding carboxylic acids is 1. The average molecular weight is 784 g/mol. The van der Waals surface area contributed by atoms with Gasteiger partial charge in [-0.25, -0.2) is 18.2 Å². The van der Waals surface area contributed by atoms with Gasteiger partial charge in [-0.3, -0.25) is 24.4 Å². The number of carbonyl (C=O) groups is 3. The molecule has 1 amide bonds. The number of sulfone groups is 1. The monoisotopic (exact) mass is 783 g/mol. The van der Waals surface area contributed by atoms with Crippen LogP contribution >= 0.6 is 0 Å². The summed E-state index contributed by atoms with van der Waals surface area (Å²) < 4.78 is 87.8. The first-order valence-corrected chi connectivity index (χ1v) is 16.5. The Morgan fingerprint density at radius 3 is 2.00 bits per heavy atom. The number of aliphatic carboxylic acids is 1. The molecule has 1 heterocycles. The molecule has 15 nitrogen and oxygen atoms in total. The largest absolute Gasteiger partial charge is 0.490 e. The molecule has 0 aliphatic heterocycles. The van der Waals surface area contributed by atoms with Gasteiger partial charge in [-0.1, -0.05) is 38.1 Å². The number of hydrogen-bond donors (Lipinski definition) is 7. The number of benzene rings is 2. The maximum atomic E-state index is 13.4. The zero-order valence-electron chi connectivity index (χ0n) is 28.6. The number of nitrogens with zero attached hydrogens (tertiary/aromatic N) is 2. The minimum atomic E-state index is -5.08. The van der Waals surface area contributed by atoms with Crippen molar-refractivity contribution < 1.29 is 59.4 Å². The molecule has 2 aromatic carbocycles. The number of amidine groups is 1. The van der Waals surface area contributed by atoms with E-state index in [1.165, 1.54) is 22.9 Å². The van der Waals surface area contributed by atoms with E-state index in [2.05, 4.69) is 15.6 Å². The van der Waals surface area contributed by atoms with E-state index in [0.717, 1.165) is 5.56 Å². The quantitative estimate of drug-likeness (QED) is 0.0481. The molecule has 9 N–H and O–H groups in total. The lowest BCUT2D eigenvalue weighted by Gasteiger charge is -2.17. The summed E-state index contributed by atoms with van der Waals surface area (Å²) in [5.41, 5.74) is 13.2. The molecule has 3 aromatic rings. The molecular formula is C31H39F6N7O8S. The Balaban J connectivity index is 0.00000164. The van der Waals surface area contributed by atoms with E-state index >= 15 is 0 Å². The standard InChI is InChI=1S/C27H35N7O4S.C2HF3O2.CHF3.CH2O2/c1-16(2)15-39(37,38)22-10-20(9-21(28)11-22)23-13-32-26(33-17(3)4)27(36)34(23)14-24(35)31-12-18-5-7-19(8-6-18)25(29)30;3-2(4,5)1(6)7;2-1(3)4;2-1-3/h5-11,13,16-17H,12,14-15,28H2,1-4H3,(H3,29,30)(H,31,35)(H,32,33);(H,6,7);1H;1H,(H,2,3). The topological polar surface area (TPSA) is 261 Å². The Bertz CT molecular complexity index is 1850. The van der Waals surface area contributed by atoms with Gasteiger partial charge in [0.15, 0.2) is 15.7 Å². The van der Waals surface area contributed by atoms with Crippen LogP contribution < -0.4 is 27.7 Å². The third-order valence-corrected chi connectivity index (χ3v) is 7.97. The molecular weight excluding hydrogens is 744 g/mol. The molecule has 0 atom stereocenters. The number of nitrogens with one attached hydrogen (secondary N) is 3. The highest BCUT2D eigenvalue weighted by atomic mass is 32.2. The summed E-state index contributed by atoms with van der Waals surface area (Å²) in [4.78, 5) is 47.9. The SMILES string of the molecule is CC(C)CS(=O)(=O)c1cc(N)cc(-c2cnc(NC(C)C)c(=O)n2CC(=O)NCc2ccc(C(=N)N)cc2)c1.FC(F)F.O=C(O)C(F)(F)F.O=CO. The summed E-state index contributed by atoms with van der Waals surface area (Å²) in [6, 6.07) is 11.2. The van der Waals surface area contributed by atoms with Crippen LogP contribution in [-0.4, -0.2) is 77.0 Å². The van der Waals surface area contributed by atoms with E-state index in [0.29, 0.717) is 11.1 Å². The molecule has 0 aliphatic carbocycles. The van der Waals surface area contributed by atoms with Crippen LogP contribution in [0.1, 0.15) is 38.8 Å². The maximum absolute atomic E-state index is 13.4. The molecule has 3 rings (SSSR count). The average Bonchev–Trinajstić information content (AvgIpc) is 3.01. The molecule has 0 saturated heterocycles. The highest BCUT2D eigenvalue weighted by molar-refractivity contribution is 7.91. The van der Waals surface area contributed by atoms with Gasteiger partial charge in [0.1, 0.15) is 12.4 Å². The van der Waals surface area contributed by atoms with Crippen LogP contribution in [0.4, 0.5) is 37.8 Å². The van der Waals surface area contributed by atoms with E-state index in [4.69, 9.17) is 36.7 Å². The van der Waals surface area contributed by atoms with Crippen LogP contribution in [0.5, 0.6) is 0 Å². The third-order valence-electron chi connectivity index (χ3n) is 5.92. The summed E-state index contributed by atoms with van der Waals surface area (Å²) in [6.07, 6.45) is -3.66. The van der Waals surface area contributed by atoms with Crippen LogP contribution in [0.25, 0.3) is 11.3 Å². The lowest BCUT2D eigenvalue weighted by Crippen LogP contribution is -2.35. The first-order chi connectivity index (χ1) is 24.4. The second kappa shape index (κ2) is 21.6. The summed E-state index contributed by atoms with van der Waals surface area (Å²) in [6.45, 7) is 3.27. The van der Waals surface area contributed by atoms with Crippen molar-refractivity contribution in [2.75, 3.05) is 16.8 Å². The van der Waals surface area contributed by atoms with Crippen LogP contribution in [0.15, 0.2) is 58.4 Å². The molecule has 0 fully saturated rings. The number of carboxylic acid groups (broad SMARTS) is 2. The minimum absolute atomic E-state index is 0.0352. The van der Waals surface area contributed by atoms with E-state index in [1.807, 2.05) is 27.7 Å². The van der Waals surface area contributed by atoms with Gasteiger partial charge in [0.05, 0.1) is 22.5 Å². The van der Waals surface area contributed by atoms with Crippen molar-refractivity contribution in [3.8, 4) is 11.3 Å². The third kappa shape index (κ3) is 17.9. The fraction of sp³-hybridized carbons (Fsp3) is 0.355. The van der Waals surface area contributed by atoms with Gasteiger partial charge >= 0.3 is 18.8 Å². The molecule has 22 heteroatoms. The molecule has 294 valence electrons. The molecule has 0 bridgehead atoms. The van der Waals surface area contributed by atoms with E-state index in [-0.39, 0.29) is 65.2 Å². The second-order valence-electron chi connectivity index (χ2n) is 11.2. The zero-order chi connectivity index (χ0) is 41.3. The Hall–Kier alpha value is -5.67. The van der Waals surface area contributed by atoms with Crippen LogP contribution in [0.2, 0.25) is 0 Å². The van der Waals surface area contributed by atoms with Crippen molar-refractivity contribution in [1.82, 2.24) is 14.9 Å².